The quantitative estimate of drug-likeness (QED) is 0.844. The highest BCUT2D eigenvalue weighted by atomic mass is 16.6. The maximum absolute atomic E-state index is 11.1. The topological polar surface area (TPSA) is 29.5 Å². The van der Waals surface area contributed by atoms with Gasteiger partial charge in [-0.3, -0.25) is 0 Å². The number of aryl methyl sites for hydroxylation is 1. The van der Waals surface area contributed by atoms with E-state index in [1.165, 1.54) is 0 Å². The number of aliphatic hydroxyl groups is 1. The second-order valence-electron chi connectivity index (χ2n) is 5.62. The predicted octanol–water partition coefficient (Wildman–Crippen LogP) is 3.45. The van der Waals surface area contributed by atoms with Crippen LogP contribution in [0.25, 0.3) is 0 Å². The summed E-state index contributed by atoms with van der Waals surface area (Å²) in [5, 5.41) is 11.1. The molecule has 1 aliphatic rings. The van der Waals surface area contributed by atoms with Crippen LogP contribution in [0.3, 0.4) is 0 Å². The first-order valence-corrected chi connectivity index (χ1v) is 6.54. The number of ether oxygens (including phenoxy) is 1. The molecule has 2 aromatic rings. The third-order valence-electron chi connectivity index (χ3n) is 3.85. The van der Waals surface area contributed by atoms with Crippen molar-refractivity contribution in [2.24, 2.45) is 0 Å². The van der Waals surface area contributed by atoms with Crippen LogP contribution in [0.1, 0.15) is 36.1 Å². The standard InChI is InChI=1S/C17H18O2/c1-12-8-4-5-9-13(12)17(18)15-11-7-6-10-14(15)16(2,3)19-17/h4-11,18H,1-3H3. The average molecular weight is 254 g/mol. The lowest BCUT2D eigenvalue weighted by Crippen LogP contribution is -2.30. The van der Waals surface area contributed by atoms with Crippen LogP contribution in [0.15, 0.2) is 48.5 Å². The third-order valence-corrected chi connectivity index (χ3v) is 3.85. The molecule has 2 heteroatoms. The molecule has 0 saturated heterocycles. The molecule has 2 nitrogen and oxygen atoms in total. The fraction of sp³-hybridized carbons (Fsp3) is 0.294. The van der Waals surface area contributed by atoms with Crippen LogP contribution >= 0.6 is 0 Å². The molecule has 1 atom stereocenters. The molecule has 2 aromatic carbocycles. The minimum atomic E-state index is -1.36. The van der Waals surface area contributed by atoms with E-state index >= 15 is 0 Å². The second kappa shape index (κ2) is 3.92. The summed E-state index contributed by atoms with van der Waals surface area (Å²) in [6.45, 7) is 5.97. The van der Waals surface area contributed by atoms with Crippen LogP contribution in [0.4, 0.5) is 0 Å². The van der Waals surface area contributed by atoms with Crippen LogP contribution in [0.2, 0.25) is 0 Å². The normalized spacial score (nSPS) is 24.2. The molecule has 0 bridgehead atoms. The summed E-state index contributed by atoms with van der Waals surface area (Å²) in [4.78, 5) is 0. The van der Waals surface area contributed by atoms with Crippen molar-refractivity contribution in [1.82, 2.24) is 0 Å². The Hall–Kier alpha value is -1.64. The van der Waals surface area contributed by atoms with Crippen LogP contribution in [-0.2, 0) is 16.1 Å². The lowest BCUT2D eigenvalue weighted by atomic mass is 9.90. The van der Waals surface area contributed by atoms with E-state index in [1.54, 1.807) is 0 Å². The minimum Gasteiger partial charge on any atom is -0.358 e. The highest BCUT2D eigenvalue weighted by Gasteiger charge is 2.49. The average Bonchev–Trinajstić information content (AvgIpc) is 2.59. The van der Waals surface area contributed by atoms with E-state index in [4.69, 9.17) is 4.74 Å². The van der Waals surface area contributed by atoms with Crippen molar-refractivity contribution in [2.75, 3.05) is 0 Å². The molecule has 98 valence electrons. The zero-order valence-corrected chi connectivity index (χ0v) is 11.5. The van der Waals surface area contributed by atoms with Crippen molar-refractivity contribution in [3.8, 4) is 0 Å². The van der Waals surface area contributed by atoms with Gasteiger partial charge in [0.25, 0.3) is 0 Å². The van der Waals surface area contributed by atoms with Crippen molar-refractivity contribution in [2.45, 2.75) is 32.2 Å². The SMILES string of the molecule is Cc1ccccc1C1(O)OC(C)(C)c2ccccc21. The maximum Gasteiger partial charge on any atom is 0.221 e. The highest BCUT2D eigenvalue weighted by Crippen LogP contribution is 2.49. The van der Waals surface area contributed by atoms with E-state index in [1.807, 2.05) is 69.3 Å². The first-order valence-electron chi connectivity index (χ1n) is 6.54. The molecule has 0 fully saturated rings. The molecular formula is C17H18O2. The Balaban J connectivity index is 2.25. The molecule has 0 radical (unpaired) electrons. The molecule has 0 saturated carbocycles. The lowest BCUT2D eigenvalue weighted by Gasteiger charge is -2.29. The van der Waals surface area contributed by atoms with Gasteiger partial charge in [-0.1, -0.05) is 48.5 Å². The second-order valence-corrected chi connectivity index (χ2v) is 5.62. The Morgan fingerprint density at radius 2 is 1.37 bits per heavy atom. The minimum absolute atomic E-state index is 0.492. The van der Waals surface area contributed by atoms with Crippen molar-refractivity contribution in [3.05, 3.63) is 70.8 Å². The molecule has 1 N–H and O–H groups in total. The van der Waals surface area contributed by atoms with Gasteiger partial charge in [0.1, 0.15) is 0 Å². The monoisotopic (exact) mass is 254 g/mol. The molecule has 0 aliphatic carbocycles. The summed E-state index contributed by atoms with van der Waals surface area (Å²) in [5.74, 6) is -1.36. The number of rotatable bonds is 1. The fourth-order valence-electron chi connectivity index (χ4n) is 2.94. The van der Waals surface area contributed by atoms with Gasteiger partial charge in [-0.25, -0.2) is 0 Å². The Morgan fingerprint density at radius 1 is 0.842 bits per heavy atom. The summed E-state index contributed by atoms with van der Waals surface area (Å²) in [7, 11) is 0. The smallest absolute Gasteiger partial charge is 0.221 e. The van der Waals surface area contributed by atoms with Crippen LogP contribution in [0, 0.1) is 6.92 Å². The van der Waals surface area contributed by atoms with Crippen molar-refractivity contribution in [3.63, 3.8) is 0 Å². The zero-order chi connectivity index (χ0) is 13.7. The number of hydrogen-bond donors (Lipinski definition) is 1. The Kier molecular flexibility index (Phi) is 2.56. The molecule has 1 unspecified atom stereocenters. The van der Waals surface area contributed by atoms with E-state index in [0.29, 0.717) is 0 Å². The Labute approximate surface area is 113 Å². The van der Waals surface area contributed by atoms with Crippen molar-refractivity contribution >= 4 is 0 Å². The first kappa shape index (κ1) is 12.4. The number of hydrogen-bond acceptors (Lipinski definition) is 2. The Bertz CT molecular complexity index is 631. The molecule has 0 spiro atoms. The van der Waals surface area contributed by atoms with Gasteiger partial charge in [-0.05, 0) is 31.9 Å². The van der Waals surface area contributed by atoms with Gasteiger partial charge in [0.05, 0.1) is 5.60 Å². The van der Waals surface area contributed by atoms with Crippen LogP contribution in [-0.4, -0.2) is 5.11 Å². The number of fused-ring (bicyclic) bond motifs is 1. The molecule has 19 heavy (non-hydrogen) atoms. The van der Waals surface area contributed by atoms with Crippen molar-refractivity contribution in [1.29, 1.82) is 0 Å². The summed E-state index contributed by atoms with van der Waals surface area (Å²) in [6.07, 6.45) is 0. The van der Waals surface area contributed by atoms with Gasteiger partial charge in [0, 0.05) is 11.1 Å². The van der Waals surface area contributed by atoms with Crippen molar-refractivity contribution < 1.29 is 9.84 Å². The van der Waals surface area contributed by atoms with E-state index < -0.39 is 11.4 Å². The number of benzene rings is 2. The van der Waals surface area contributed by atoms with Gasteiger partial charge < -0.3 is 9.84 Å². The highest BCUT2D eigenvalue weighted by molar-refractivity contribution is 5.47. The predicted molar refractivity (Wildman–Crippen MR) is 74.7 cm³/mol. The first-order chi connectivity index (χ1) is 8.95. The van der Waals surface area contributed by atoms with Crippen LogP contribution < -0.4 is 0 Å². The summed E-state index contributed by atoms with van der Waals surface area (Å²) < 4.78 is 6.03. The maximum atomic E-state index is 11.1. The molecule has 0 aromatic heterocycles. The van der Waals surface area contributed by atoms with E-state index in [-0.39, 0.29) is 0 Å². The third kappa shape index (κ3) is 1.71. The van der Waals surface area contributed by atoms with Gasteiger partial charge in [0.2, 0.25) is 5.79 Å². The van der Waals surface area contributed by atoms with Gasteiger partial charge >= 0.3 is 0 Å². The largest absolute Gasteiger partial charge is 0.358 e. The molecular weight excluding hydrogens is 236 g/mol. The molecule has 1 heterocycles. The Morgan fingerprint density at radius 3 is 2.00 bits per heavy atom. The van der Waals surface area contributed by atoms with E-state index in [0.717, 1.165) is 22.3 Å². The summed E-state index contributed by atoms with van der Waals surface area (Å²) >= 11 is 0. The van der Waals surface area contributed by atoms with E-state index in [2.05, 4.69) is 0 Å². The summed E-state index contributed by atoms with van der Waals surface area (Å²) in [5.41, 5.74) is 3.23. The van der Waals surface area contributed by atoms with Gasteiger partial charge in [-0.2, -0.15) is 0 Å². The molecule has 1 aliphatic heterocycles. The zero-order valence-electron chi connectivity index (χ0n) is 11.5. The molecule has 3 rings (SSSR count). The molecule has 0 amide bonds. The van der Waals surface area contributed by atoms with E-state index in [9.17, 15) is 5.11 Å². The van der Waals surface area contributed by atoms with Crippen LogP contribution in [0.5, 0.6) is 0 Å². The van der Waals surface area contributed by atoms with Gasteiger partial charge in [0.15, 0.2) is 0 Å². The summed E-state index contributed by atoms with van der Waals surface area (Å²) in [6, 6.07) is 15.7. The van der Waals surface area contributed by atoms with Gasteiger partial charge in [-0.15, -0.1) is 0 Å². The fourth-order valence-corrected chi connectivity index (χ4v) is 2.94. The lowest BCUT2D eigenvalue weighted by molar-refractivity contribution is -0.222.